The zero-order chi connectivity index (χ0) is 12.3. The molecule has 4 atom stereocenters. The molecule has 3 aliphatic carbocycles. The first-order valence-electron chi connectivity index (χ1n) is 7.20. The van der Waals surface area contributed by atoms with Crippen LogP contribution in [0.25, 0.3) is 5.57 Å². The summed E-state index contributed by atoms with van der Waals surface area (Å²) in [4.78, 5) is 0. The van der Waals surface area contributed by atoms with Gasteiger partial charge in [-0.25, -0.2) is 0 Å². The average molecular weight is 240 g/mol. The molecule has 0 saturated heterocycles. The van der Waals surface area contributed by atoms with Crippen molar-refractivity contribution in [2.45, 2.75) is 26.2 Å². The maximum atomic E-state index is 9.69. The lowest BCUT2D eigenvalue weighted by Crippen LogP contribution is -2.36. The van der Waals surface area contributed by atoms with Crippen LogP contribution in [0.5, 0.6) is 0 Å². The molecule has 2 bridgehead atoms. The number of hydrogen-bond donors (Lipinski definition) is 1. The van der Waals surface area contributed by atoms with Crippen LogP contribution in [0.4, 0.5) is 0 Å². The lowest BCUT2D eigenvalue weighted by Gasteiger charge is -2.45. The molecule has 4 unspecified atom stereocenters. The Morgan fingerprint density at radius 2 is 1.72 bits per heavy atom. The first-order chi connectivity index (χ1) is 8.79. The Morgan fingerprint density at radius 1 is 1.06 bits per heavy atom. The molecule has 0 spiro atoms. The van der Waals surface area contributed by atoms with Crippen molar-refractivity contribution in [2.24, 2.45) is 23.7 Å². The minimum absolute atomic E-state index is 0.271. The van der Waals surface area contributed by atoms with Crippen molar-refractivity contribution in [1.82, 2.24) is 0 Å². The molecule has 1 aromatic rings. The first kappa shape index (κ1) is 10.8. The van der Waals surface area contributed by atoms with E-state index in [0.717, 1.165) is 23.7 Å². The molecule has 1 heteroatoms. The van der Waals surface area contributed by atoms with E-state index in [4.69, 9.17) is 0 Å². The molecule has 4 rings (SSSR count). The zero-order valence-electron chi connectivity index (χ0n) is 10.9. The molecule has 1 N–H and O–H groups in total. The van der Waals surface area contributed by atoms with E-state index in [-0.39, 0.29) is 6.61 Å². The molecule has 0 radical (unpaired) electrons. The second-order valence-corrected chi connectivity index (χ2v) is 6.35. The van der Waals surface area contributed by atoms with Crippen LogP contribution in [0.3, 0.4) is 0 Å². The van der Waals surface area contributed by atoms with Gasteiger partial charge in [0.05, 0.1) is 6.61 Å². The number of hydrogen-bond acceptors (Lipinski definition) is 1. The summed E-state index contributed by atoms with van der Waals surface area (Å²) in [6.45, 7) is 2.40. The van der Waals surface area contributed by atoms with Crippen LogP contribution >= 0.6 is 0 Å². The summed E-state index contributed by atoms with van der Waals surface area (Å²) >= 11 is 0. The van der Waals surface area contributed by atoms with Gasteiger partial charge < -0.3 is 5.11 Å². The number of aliphatic hydroxyl groups is 1. The molecule has 94 valence electrons. The van der Waals surface area contributed by atoms with Crippen LogP contribution in [-0.2, 0) is 0 Å². The first-order valence-corrected chi connectivity index (χ1v) is 7.20. The molecular formula is C17H20O. The molecule has 2 saturated carbocycles. The standard InChI is InChI=1S/C17H20O/c1-10-2-4-11(5-3-10)15-14(9-18)16-12-6-7-13(8-12)17(15)16/h2-5,12-13,16-18H,6-9H2,1H3. The number of aliphatic hydroxyl groups excluding tert-OH is 1. The Balaban J connectivity index is 1.77. The minimum Gasteiger partial charge on any atom is -0.392 e. The van der Waals surface area contributed by atoms with Gasteiger partial charge in [0.25, 0.3) is 0 Å². The highest BCUT2D eigenvalue weighted by Gasteiger charge is 2.56. The van der Waals surface area contributed by atoms with Crippen LogP contribution in [0.2, 0.25) is 0 Å². The highest BCUT2D eigenvalue weighted by atomic mass is 16.3. The molecule has 0 aromatic heterocycles. The largest absolute Gasteiger partial charge is 0.392 e. The number of fused-ring (bicyclic) bond motifs is 5. The Bertz CT molecular complexity index is 511. The van der Waals surface area contributed by atoms with Gasteiger partial charge in [-0.15, -0.1) is 0 Å². The lowest BCUT2D eigenvalue weighted by molar-refractivity contribution is 0.229. The van der Waals surface area contributed by atoms with Crippen molar-refractivity contribution in [3.05, 3.63) is 41.0 Å². The van der Waals surface area contributed by atoms with Crippen LogP contribution in [0.15, 0.2) is 29.8 Å². The molecule has 1 nitrogen and oxygen atoms in total. The van der Waals surface area contributed by atoms with Crippen LogP contribution in [0.1, 0.15) is 30.4 Å². The van der Waals surface area contributed by atoms with E-state index < -0.39 is 0 Å². The monoisotopic (exact) mass is 240 g/mol. The summed E-state index contributed by atoms with van der Waals surface area (Å²) in [5.74, 6) is 3.29. The quantitative estimate of drug-likeness (QED) is 0.840. The van der Waals surface area contributed by atoms with E-state index in [9.17, 15) is 5.11 Å². The van der Waals surface area contributed by atoms with Crippen LogP contribution < -0.4 is 0 Å². The minimum atomic E-state index is 0.271. The fourth-order valence-electron chi connectivity index (χ4n) is 4.81. The normalized spacial score (nSPS) is 36.8. The van der Waals surface area contributed by atoms with Gasteiger partial charge in [0.2, 0.25) is 0 Å². The number of rotatable bonds is 2. The Hall–Kier alpha value is -1.08. The summed E-state index contributed by atoms with van der Waals surface area (Å²) in [6, 6.07) is 8.86. The highest BCUT2D eigenvalue weighted by Crippen LogP contribution is 2.65. The van der Waals surface area contributed by atoms with Crippen molar-refractivity contribution in [1.29, 1.82) is 0 Å². The van der Waals surface area contributed by atoms with Crippen molar-refractivity contribution in [2.75, 3.05) is 6.61 Å². The second-order valence-electron chi connectivity index (χ2n) is 6.35. The molecule has 0 amide bonds. The van der Waals surface area contributed by atoms with Crippen LogP contribution in [-0.4, -0.2) is 11.7 Å². The third kappa shape index (κ3) is 1.26. The Kier molecular flexibility index (Phi) is 2.23. The Labute approximate surface area is 109 Å². The molecular weight excluding hydrogens is 220 g/mol. The maximum absolute atomic E-state index is 9.69. The third-order valence-electron chi connectivity index (χ3n) is 5.53. The van der Waals surface area contributed by atoms with Crippen molar-refractivity contribution < 1.29 is 5.11 Å². The number of benzene rings is 1. The molecule has 1 aromatic carbocycles. The van der Waals surface area contributed by atoms with Gasteiger partial charge in [0.1, 0.15) is 0 Å². The Morgan fingerprint density at radius 3 is 2.39 bits per heavy atom. The average Bonchev–Trinajstić information content (AvgIpc) is 2.90. The predicted octanol–water partition coefficient (Wildman–Crippen LogP) is 3.42. The molecule has 18 heavy (non-hydrogen) atoms. The van der Waals surface area contributed by atoms with Crippen molar-refractivity contribution in [3.63, 3.8) is 0 Å². The molecule has 0 aliphatic heterocycles. The zero-order valence-corrected chi connectivity index (χ0v) is 10.9. The van der Waals surface area contributed by atoms with Gasteiger partial charge in [-0.3, -0.25) is 0 Å². The summed E-state index contributed by atoms with van der Waals surface area (Å²) in [5, 5.41) is 9.69. The lowest BCUT2D eigenvalue weighted by atomic mass is 9.60. The smallest absolute Gasteiger partial charge is 0.0650 e. The topological polar surface area (TPSA) is 20.2 Å². The summed E-state index contributed by atoms with van der Waals surface area (Å²) in [6.07, 6.45) is 4.23. The van der Waals surface area contributed by atoms with Gasteiger partial charge in [0.15, 0.2) is 0 Å². The third-order valence-corrected chi connectivity index (χ3v) is 5.53. The van der Waals surface area contributed by atoms with Gasteiger partial charge >= 0.3 is 0 Å². The summed E-state index contributed by atoms with van der Waals surface area (Å²) < 4.78 is 0. The molecule has 2 fully saturated rings. The van der Waals surface area contributed by atoms with Gasteiger partial charge in [-0.1, -0.05) is 29.8 Å². The number of aryl methyl sites for hydroxylation is 1. The van der Waals surface area contributed by atoms with E-state index in [1.807, 2.05) is 0 Å². The number of allylic oxidation sites excluding steroid dienone is 1. The van der Waals surface area contributed by atoms with E-state index in [2.05, 4.69) is 31.2 Å². The molecule has 3 aliphatic rings. The second kappa shape index (κ2) is 3.71. The van der Waals surface area contributed by atoms with E-state index in [0.29, 0.717) is 0 Å². The SMILES string of the molecule is Cc1ccc(C2=C(CO)C3C4CCC(C4)C23)cc1. The van der Waals surface area contributed by atoms with Gasteiger partial charge in [-0.2, -0.15) is 0 Å². The summed E-state index contributed by atoms with van der Waals surface area (Å²) in [7, 11) is 0. The fraction of sp³-hybridized carbons (Fsp3) is 0.529. The fourth-order valence-corrected chi connectivity index (χ4v) is 4.81. The van der Waals surface area contributed by atoms with E-state index >= 15 is 0 Å². The summed E-state index contributed by atoms with van der Waals surface area (Å²) in [5.41, 5.74) is 5.53. The van der Waals surface area contributed by atoms with E-state index in [1.165, 1.54) is 41.5 Å². The highest BCUT2D eigenvalue weighted by molar-refractivity contribution is 5.78. The van der Waals surface area contributed by atoms with Gasteiger partial charge in [0, 0.05) is 0 Å². The van der Waals surface area contributed by atoms with Crippen LogP contribution in [0, 0.1) is 30.6 Å². The van der Waals surface area contributed by atoms with Crippen molar-refractivity contribution >= 4 is 5.57 Å². The maximum Gasteiger partial charge on any atom is 0.0650 e. The van der Waals surface area contributed by atoms with Gasteiger partial charge in [-0.05, 0) is 66.6 Å². The molecule has 0 heterocycles. The van der Waals surface area contributed by atoms with Crippen molar-refractivity contribution in [3.8, 4) is 0 Å². The predicted molar refractivity (Wildman–Crippen MR) is 73.0 cm³/mol. The van der Waals surface area contributed by atoms with E-state index in [1.54, 1.807) is 0 Å².